The van der Waals surface area contributed by atoms with Gasteiger partial charge < -0.3 is 19.0 Å². The van der Waals surface area contributed by atoms with Crippen molar-refractivity contribution >= 4 is 0 Å². The molecule has 0 atom stereocenters. The Balaban J connectivity index is 2.20. The van der Waals surface area contributed by atoms with Gasteiger partial charge in [0.25, 0.3) is 0 Å². The molecule has 5 nitrogen and oxygen atoms in total. The molecule has 0 spiro atoms. The molecule has 0 aliphatic heterocycles. The summed E-state index contributed by atoms with van der Waals surface area (Å²) in [5.74, 6) is 3.67. The van der Waals surface area contributed by atoms with E-state index >= 15 is 0 Å². The molecule has 0 radical (unpaired) electrons. The maximum absolute atomic E-state index is 11.1. The number of aliphatic hydroxyl groups is 1. The van der Waals surface area contributed by atoms with Crippen LogP contribution >= 0.6 is 0 Å². The zero-order valence-electron chi connectivity index (χ0n) is 19.5. The normalized spacial score (nSPS) is 12.0. The van der Waals surface area contributed by atoms with Gasteiger partial charge in [0, 0.05) is 19.2 Å². The second-order valence-electron chi connectivity index (χ2n) is 8.58. The van der Waals surface area contributed by atoms with Crippen LogP contribution in [0.25, 0.3) is 0 Å². The second kappa shape index (κ2) is 11.4. The number of hydrogen-bond donors (Lipinski definition) is 1. The van der Waals surface area contributed by atoms with E-state index in [9.17, 15) is 5.11 Å². The first kappa shape index (κ1) is 24.3. The lowest BCUT2D eigenvalue weighted by Gasteiger charge is -2.26. The highest BCUT2D eigenvalue weighted by Crippen LogP contribution is 2.33. The number of ether oxygens (including phenoxy) is 2. The molecule has 2 rings (SSSR count). The van der Waals surface area contributed by atoms with E-state index in [0.717, 1.165) is 48.8 Å². The summed E-state index contributed by atoms with van der Waals surface area (Å²) < 4.78 is 17.0. The first-order valence-corrected chi connectivity index (χ1v) is 11.1. The third kappa shape index (κ3) is 6.78. The third-order valence-electron chi connectivity index (χ3n) is 5.27. The fourth-order valence-corrected chi connectivity index (χ4v) is 4.05. The Morgan fingerprint density at radius 1 is 0.967 bits per heavy atom. The standard InChI is InChI=1S/C25H39NO4/c1-7-11-25(27,12-8-2)24-10-9-21(30-24)18-26(16-19(3)4)17-20-13-22(28-5)15-23(14-20)29-6/h9-10,13-15,19,27H,7-8,11-12,16-18H2,1-6H3. The van der Waals surface area contributed by atoms with Crippen molar-refractivity contribution in [2.75, 3.05) is 20.8 Å². The van der Waals surface area contributed by atoms with Gasteiger partial charge in [0.1, 0.15) is 28.6 Å². The Morgan fingerprint density at radius 3 is 2.07 bits per heavy atom. The monoisotopic (exact) mass is 417 g/mol. The molecule has 0 saturated carbocycles. The van der Waals surface area contributed by atoms with Gasteiger partial charge in [-0.15, -0.1) is 0 Å². The molecule has 1 aromatic carbocycles. The lowest BCUT2D eigenvalue weighted by atomic mass is 9.90. The number of hydrogen-bond acceptors (Lipinski definition) is 5. The van der Waals surface area contributed by atoms with Crippen LogP contribution in [-0.4, -0.2) is 30.8 Å². The quantitative estimate of drug-likeness (QED) is 0.450. The summed E-state index contributed by atoms with van der Waals surface area (Å²) in [6.45, 7) is 11.0. The summed E-state index contributed by atoms with van der Waals surface area (Å²) >= 11 is 0. The van der Waals surface area contributed by atoms with Crippen molar-refractivity contribution in [3.8, 4) is 11.5 Å². The van der Waals surface area contributed by atoms with Gasteiger partial charge >= 0.3 is 0 Å². The van der Waals surface area contributed by atoms with Crippen LogP contribution in [0.3, 0.4) is 0 Å². The minimum Gasteiger partial charge on any atom is -0.497 e. The number of furan rings is 1. The molecule has 0 fully saturated rings. The molecule has 0 aliphatic carbocycles. The predicted octanol–water partition coefficient (Wildman–Crippen LogP) is 5.74. The van der Waals surface area contributed by atoms with E-state index in [1.807, 2.05) is 30.3 Å². The Kier molecular flexibility index (Phi) is 9.25. The van der Waals surface area contributed by atoms with Crippen molar-refractivity contribution in [2.24, 2.45) is 5.92 Å². The Bertz CT molecular complexity index is 740. The first-order chi connectivity index (χ1) is 14.3. The van der Waals surface area contributed by atoms with Crippen LogP contribution in [0.1, 0.15) is 70.5 Å². The lowest BCUT2D eigenvalue weighted by Crippen LogP contribution is -2.27. The van der Waals surface area contributed by atoms with Gasteiger partial charge in [-0.2, -0.15) is 0 Å². The maximum Gasteiger partial charge on any atom is 0.135 e. The molecule has 1 N–H and O–H groups in total. The molecule has 0 bridgehead atoms. The summed E-state index contributed by atoms with van der Waals surface area (Å²) in [5.41, 5.74) is 0.261. The number of rotatable bonds is 13. The van der Waals surface area contributed by atoms with Crippen molar-refractivity contribution < 1.29 is 19.0 Å². The number of methoxy groups -OCH3 is 2. The van der Waals surface area contributed by atoms with Gasteiger partial charge in [-0.1, -0.05) is 40.5 Å². The molecular formula is C25H39NO4. The molecular weight excluding hydrogens is 378 g/mol. The van der Waals surface area contributed by atoms with Crippen LogP contribution in [-0.2, 0) is 18.7 Å². The summed E-state index contributed by atoms with van der Waals surface area (Å²) in [6, 6.07) is 9.93. The molecule has 168 valence electrons. The smallest absolute Gasteiger partial charge is 0.135 e. The summed E-state index contributed by atoms with van der Waals surface area (Å²) in [4.78, 5) is 2.36. The molecule has 2 aromatic rings. The van der Waals surface area contributed by atoms with E-state index < -0.39 is 5.60 Å². The minimum absolute atomic E-state index is 0.518. The van der Waals surface area contributed by atoms with Gasteiger partial charge in [0.15, 0.2) is 0 Å². The highest BCUT2D eigenvalue weighted by Gasteiger charge is 2.31. The molecule has 1 heterocycles. The van der Waals surface area contributed by atoms with Crippen LogP contribution in [0, 0.1) is 5.92 Å². The third-order valence-corrected chi connectivity index (χ3v) is 5.27. The van der Waals surface area contributed by atoms with Crippen molar-refractivity contribution in [3.63, 3.8) is 0 Å². The maximum atomic E-state index is 11.1. The lowest BCUT2D eigenvalue weighted by molar-refractivity contribution is -0.00527. The van der Waals surface area contributed by atoms with Crippen molar-refractivity contribution in [2.45, 2.75) is 72.1 Å². The SMILES string of the molecule is CCCC(O)(CCC)c1ccc(CN(Cc2cc(OC)cc(OC)c2)CC(C)C)o1. The van der Waals surface area contributed by atoms with Gasteiger partial charge in [-0.3, -0.25) is 4.90 Å². The molecule has 0 aliphatic rings. The average molecular weight is 418 g/mol. The minimum atomic E-state index is -0.870. The van der Waals surface area contributed by atoms with E-state index in [2.05, 4.69) is 32.6 Å². The Hall–Kier alpha value is -1.98. The van der Waals surface area contributed by atoms with E-state index in [-0.39, 0.29) is 0 Å². The zero-order chi connectivity index (χ0) is 22.1. The van der Waals surface area contributed by atoms with Crippen LogP contribution < -0.4 is 9.47 Å². The molecule has 30 heavy (non-hydrogen) atoms. The summed E-state index contributed by atoms with van der Waals surface area (Å²) in [7, 11) is 3.34. The van der Waals surface area contributed by atoms with Crippen molar-refractivity contribution in [3.05, 3.63) is 47.4 Å². The van der Waals surface area contributed by atoms with Gasteiger partial charge in [0.2, 0.25) is 0 Å². The summed E-state index contributed by atoms with van der Waals surface area (Å²) in [6.07, 6.45) is 3.27. The predicted molar refractivity (Wildman–Crippen MR) is 121 cm³/mol. The second-order valence-corrected chi connectivity index (χ2v) is 8.58. The van der Waals surface area contributed by atoms with E-state index in [1.165, 1.54) is 0 Å². The molecule has 5 heteroatoms. The van der Waals surface area contributed by atoms with Crippen LogP contribution in [0.5, 0.6) is 11.5 Å². The van der Waals surface area contributed by atoms with Crippen LogP contribution in [0.4, 0.5) is 0 Å². The average Bonchev–Trinajstić information content (AvgIpc) is 3.16. The first-order valence-electron chi connectivity index (χ1n) is 11.1. The van der Waals surface area contributed by atoms with Crippen molar-refractivity contribution in [1.29, 1.82) is 0 Å². The van der Waals surface area contributed by atoms with E-state index in [1.54, 1.807) is 14.2 Å². The van der Waals surface area contributed by atoms with E-state index in [4.69, 9.17) is 13.9 Å². The number of benzene rings is 1. The molecule has 1 aromatic heterocycles. The van der Waals surface area contributed by atoms with Crippen LogP contribution in [0.2, 0.25) is 0 Å². The van der Waals surface area contributed by atoms with Gasteiger partial charge in [-0.05, 0) is 48.6 Å². The van der Waals surface area contributed by atoms with Crippen LogP contribution in [0.15, 0.2) is 34.7 Å². The zero-order valence-corrected chi connectivity index (χ0v) is 19.5. The topological polar surface area (TPSA) is 55.1 Å². The van der Waals surface area contributed by atoms with E-state index in [0.29, 0.717) is 31.1 Å². The highest BCUT2D eigenvalue weighted by molar-refractivity contribution is 5.38. The fraction of sp³-hybridized carbons (Fsp3) is 0.600. The fourth-order valence-electron chi connectivity index (χ4n) is 4.05. The van der Waals surface area contributed by atoms with Gasteiger partial charge in [-0.25, -0.2) is 0 Å². The highest BCUT2D eigenvalue weighted by atomic mass is 16.5. The largest absolute Gasteiger partial charge is 0.497 e. The summed E-state index contributed by atoms with van der Waals surface area (Å²) in [5, 5.41) is 11.1. The van der Waals surface area contributed by atoms with Gasteiger partial charge in [0.05, 0.1) is 20.8 Å². The number of nitrogens with zero attached hydrogens (tertiary/aromatic N) is 1. The molecule has 0 saturated heterocycles. The Morgan fingerprint density at radius 2 is 1.57 bits per heavy atom. The Labute approximate surface area is 182 Å². The molecule has 0 amide bonds. The van der Waals surface area contributed by atoms with Crippen molar-refractivity contribution in [1.82, 2.24) is 4.90 Å². The molecule has 0 unspecified atom stereocenters.